The molecule has 0 unspecified atom stereocenters. The topological polar surface area (TPSA) is 52.0 Å². The molecule has 0 saturated carbocycles. The van der Waals surface area contributed by atoms with Gasteiger partial charge in [-0.25, -0.2) is 4.57 Å². The first-order valence-electron chi connectivity index (χ1n) is 9.57. The molecular weight excluding hydrogens is 392 g/mol. The maximum atomic E-state index is 13.7. The van der Waals surface area contributed by atoms with E-state index in [0.717, 1.165) is 20.9 Å². The molecule has 3 aromatic heterocycles. The van der Waals surface area contributed by atoms with E-state index in [1.165, 1.54) is 9.27 Å². The summed E-state index contributed by atoms with van der Waals surface area (Å²) in [6.45, 7) is 0. The zero-order valence-corrected chi connectivity index (χ0v) is 16.5. The molecule has 30 heavy (non-hydrogen) atoms. The molecule has 4 nitrogen and oxygen atoms in total. The predicted octanol–water partition coefficient (Wildman–Crippen LogP) is 5.27. The van der Waals surface area contributed by atoms with Crippen LogP contribution in [0, 0.1) is 0 Å². The van der Waals surface area contributed by atoms with Crippen molar-refractivity contribution >= 4 is 53.2 Å². The first-order valence-corrected chi connectivity index (χ1v) is 10.4. The molecule has 3 aromatic carbocycles. The summed E-state index contributed by atoms with van der Waals surface area (Å²) in [5.41, 5.74) is 0.0745. The molecule has 0 N–H and O–H groups in total. The second kappa shape index (κ2) is 6.34. The highest BCUT2D eigenvalue weighted by molar-refractivity contribution is 7.25. The van der Waals surface area contributed by atoms with Gasteiger partial charge in [0.15, 0.2) is 0 Å². The number of para-hydroxylation sites is 1. The van der Waals surface area contributed by atoms with Gasteiger partial charge in [0.1, 0.15) is 5.52 Å². The molecule has 0 aliphatic heterocycles. The molecule has 5 heteroatoms. The van der Waals surface area contributed by atoms with Crippen molar-refractivity contribution in [2.75, 3.05) is 0 Å². The number of thiophene rings is 1. The van der Waals surface area contributed by atoms with Crippen LogP contribution in [-0.4, -0.2) is 9.55 Å². The first-order chi connectivity index (χ1) is 14.7. The van der Waals surface area contributed by atoms with E-state index in [-0.39, 0.29) is 11.1 Å². The molecule has 6 aromatic rings. The highest BCUT2D eigenvalue weighted by Crippen LogP contribution is 2.36. The standard InChI is InChI=1S/C25H14N2O2S/c28-24-20-14-22-19(16-9-4-5-11-21(16)30-22)13-18(20)17-10-6-12-26-23(17)25(29)27(24)15-7-2-1-3-8-15/h1-14H. The second-order valence-corrected chi connectivity index (χ2v) is 8.26. The minimum absolute atomic E-state index is 0.285. The Balaban J connectivity index is 1.93. The molecule has 142 valence electrons. The van der Waals surface area contributed by atoms with Crippen molar-refractivity contribution in [3.05, 3.63) is 106 Å². The Kier molecular flexibility index (Phi) is 3.60. The molecule has 0 aliphatic rings. The smallest absolute Gasteiger partial charge is 0.268 e. The Hall–Kier alpha value is -3.83. The van der Waals surface area contributed by atoms with Crippen molar-refractivity contribution in [3.8, 4) is 5.69 Å². The number of nitrogens with zero attached hydrogens (tertiary/aromatic N) is 2. The largest absolute Gasteiger partial charge is 0.284 e. The molecule has 0 amide bonds. The van der Waals surface area contributed by atoms with Crippen LogP contribution in [0.4, 0.5) is 0 Å². The predicted molar refractivity (Wildman–Crippen MR) is 124 cm³/mol. The Morgan fingerprint density at radius 3 is 2.27 bits per heavy atom. The lowest BCUT2D eigenvalue weighted by Gasteiger charge is -2.01. The van der Waals surface area contributed by atoms with Gasteiger partial charge in [-0.15, -0.1) is 11.3 Å². The number of pyridine rings is 1. The van der Waals surface area contributed by atoms with Crippen LogP contribution in [0.1, 0.15) is 0 Å². The van der Waals surface area contributed by atoms with Gasteiger partial charge in [0, 0.05) is 37.1 Å². The van der Waals surface area contributed by atoms with Gasteiger partial charge < -0.3 is 0 Å². The van der Waals surface area contributed by atoms with E-state index >= 15 is 0 Å². The van der Waals surface area contributed by atoms with E-state index in [1.807, 2.05) is 48.5 Å². The Morgan fingerprint density at radius 1 is 0.633 bits per heavy atom. The summed E-state index contributed by atoms with van der Waals surface area (Å²) >= 11 is 1.65. The average Bonchev–Trinajstić information content (AvgIpc) is 3.12. The molecule has 0 radical (unpaired) electrons. The molecule has 0 spiro atoms. The number of hydrogen-bond donors (Lipinski definition) is 0. The second-order valence-electron chi connectivity index (χ2n) is 7.17. The number of hydrogen-bond acceptors (Lipinski definition) is 4. The van der Waals surface area contributed by atoms with Crippen LogP contribution >= 0.6 is 11.3 Å². The van der Waals surface area contributed by atoms with Gasteiger partial charge in [-0.2, -0.15) is 0 Å². The zero-order chi connectivity index (χ0) is 20.2. The van der Waals surface area contributed by atoms with E-state index in [1.54, 1.807) is 35.7 Å². The summed E-state index contributed by atoms with van der Waals surface area (Å²) < 4.78 is 3.43. The lowest BCUT2D eigenvalue weighted by molar-refractivity contribution is 0.971. The molecule has 0 bridgehead atoms. The van der Waals surface area contributed by atoms with E-state index in [0.29, 0.717) is 16.5 Å². The van der Waals surface area contributed by atoms with E-state index in [9.17, 15) is 9.59 Å². The van der Waals surface area contributed by atoms with Crippen LogP contribution < -0.4 is 11.1 Å². The summed E-state index contributed by atoms with van der Waals surface area (Å²) in [6.07, 6.45) is 1.59. The van der Waals surface area contributed by atoms with E-state index < -0.39 is 5.56 Å². The third-order valence-electron chi connectivity index (χ3n) is 5.47. The summed E-state index contributed by atoms with van der Waals surface area (Å²) in [6, 6.07) is 24.8. The van der Waals surface area contributed by atoms with Crippen molar-refractivity contribution in [3.63, 3.8) is 0 Å². The van der Waals surface area contributed by atoms with Crippen molar-refractivity contribution in [1.29, 1.82) is 0 Å². The quantitative estimate of drug-likeness (QED) is 0.374. The molecule has 0 aliphatic carbocycles. The van der Waals surface area contributed by atoms with Crippen LogP contribution in [0.5, 0.6) is 0 Å². The van der Waals surface area contributed by atoms with Gasteiger partial charge in [0.25, 0.3) is 11.1 Å². The fraction of sp³-hybridized carbons (Fsp3) is 0. The monoisotopic (exact) mass is 406 g/mol. The summed E-state index contributed by atoms with van der Waals surface area (Å²) in [5, 5.41) is 4.16. The van der Waals surface area contributed by atoms with Crippen LogP contribution in [0.25, 0.3) is 47.5 Å². The lowest BCUT2D eigenvalue weighted by atomic mass is 10.1. The molecule has 0 atom stereocenters. The van der Waals surface area contributed by atoms with Gasteiger partial charge in [-0.05, 0) is 41.8 Å². The fourth-order valence-electron chi connectivity index (χ4n) is 4.09. The summed E-state index contributed by atoms with van der Waals surface area (Å²) in [7, 11) is 0. The number of fused-ring (bicyclic) bond motifs is 6. The fourth-order valence-corrected chi connectivity index (χ4v) is 5.22. The third kappa shape index (κ3) is 2.36. The maximum Gasteiger partial charge on any atom is 0.284 e. The molecular formula is C25H14N2O2S. The molecule has 0 saturated heterocycles. The normalized spacial score (nSPS) is 11.6. The minimum atomic E-state index is -0.411. The van der Waals surface area contributed by atoms with Gasteiger partial charge >= 0.3 is 0 Å². The third-order valence-corrected chi connectivity index (χ3v) is 6.60. The van der Waals surface area contributed by atoms with Crippen LogP contribution in [0.2, 0.25) is 0 Å². The van der Waals surface area contributed by atoms with E-state index in [2.05, 4.69) is 17.1 Å². The van der Waals surface area contributed by atoms with Gasteiger partial charge in [-0.3, -0.25) is 14.6 Å². The molecule has 6 rings (SSSR count). The Labute approximate surface area is 174 Å². The van der Waals surface area contributed by atoms with Gasteiger partial charge in [-0.1, -0.05) is 42.5 Å². The van der Waals surface area contributed by atoms with Crippen LogP contribution in [-0.2, 0) is 0 Å². The van der Waals surface area contributed by atoms with Crippen molar-refractivity contribution in [2.24, 2.45) is 0 Å². The Morgan fingerprint density at radius 2 is 1.40 bits per heavy atom. The highest BCUT2D eigenvalue weighted by atomic mass is 32.1. The Bertz CT molecular complexity index is 1730. The van der Waals surface area contributed by atoms with Crippen molar-refractivity contribution in [2.45, 2.75) is 0 Å². The zero-order valence-electron chi connectivity index (χ0n) is 15.7. The minimum Gasteiger partial charge on any atom is -0.268 e. The number of benzene rings is 3. The van der Waals surface area contributed by atoms with Crippen molar-refractivity contribution < 1.29 is 0 Å². The van der Waals surface area contributed by atoms with E-state index in [4.69, 9.17) is 0 Å². The average molecular weight is 406 g/mol. The van der Waals surface area contributed by atoms with Gasteiger partial charge in [0.2, 0.25) is 0 Å². The van der Waals surface area contributed by atoms with Crippen molar-refractivity contribution in [1.82, 2.24) is 9.55 Å². The highest BCUT2D eigenvalue weighted by Gasteiger charge is 2.15. The number of aromatic nitrogens is 2. The SMILES string of the molecule is O=c1c2cc3sc4ccccc4c3cc2c2cccnc2c(=O)n1-c1ccccc1. The number of rotatable bonds is 1. The summed E-state index contributed by atoms with van der Waals surface area (Å²) in [5.74, 6) is 0. The summed E-state index contributed by atoms with van der Waals surface area (Å²) in [4.78, 5) is 31.4. The van der Waals surface area contributed by atoms with Crippen LogP contribution in [0.3, 0.4) is 0 Å². The first kappa shape index (κ1) is 17.1. The molecule has 3 heterocycles. The lowest BCUT2D eigenvalue weighted by Crippen LogP contribution is -2.28. The van der Waals surface area contributed by atoms with Gasteiger partial charge in [0.05, 0.1) is 5.69 Å². The van der Waals surface area contributed by atoms with Crippen LogP contribution in [0.15, 0.2) is 94.6 Å². The maximum absolute atomic E-state index is 13.7. The molecule has 0 fully saturated rings.